The molecule has 1 saturated carbocycles. The van der Waals surface area contributed by atoms with E-state index in [1.54, 1.807) is 42.5 Å². The number of carbonyl (C=O) groups is 2. The summed E-state index contributed by atoms with van der Waals surface area (Å²) in [5, 5.41) is 6.37. The molecule has 2 aromatic heterocycles. The highest BCUT2D eigenvalue weighted by atomic mass is 35.5. The van der Waals surface area contributed by atoms with E-state index in [0.29, 0.717) is 15.6 Å². The average molecular weight is 549 g/mol. The van der Waals surface area contributed by atoms with Crippen molar-refractivity contribution in [3.63, 3.8) is 0 Å². The molecular formula is C26H23ClF2N2O3S2. The van der Waals surface area contributed by atoms with Gasteiger partial charge in [0.15, 0.2) is 5.78 Å². The van der Waals surface area contributed by atoms with Crippen LogP contribution in [0.4, 0.5) is 8.78 Å². The van der Waals surface area contributed by atoms with Gasteiger partial charge in [0.25, 0.3) is 0 Å². The lowest BCUT2D eigenvalue weighted by Crippen LogP contribution is -2.58. The van der Waals surface area contributed by atoms with E-state index in [1.807, 2.05) is 16.8 Å². The summed E-state index contributed by atoms with van der Waals surface area (Å²) in [4.78, 5) is 32.1. The third-order valence-electron chi connectivity index (χ3n) is 6.51. The minimum Gasteiger partial charge on any atom is -0.474 e. The van der Waals surface area contributed by atoms with Gasteiger partial charge in [-0.15, -0.1) is 11.8 Å². The number of rotatable bonds is 6. The van der Waals surface area contributed by atoms with E-state index >= 15 is 0 Å². The van der Waals surface area contributed by atoms with Crippen molar-refractivity contribution in [1.82, 2.24) is 10.3 Å². The number of aromatic nitrogens is 1. The van der Waals surface area contributed by atoms with Gasteiger partial charge < -0.3 is 10.1 Å². The van der Waals surface area contributed by atoms with Crippen LogP contribution in [0, 0.1) is 0 Å². The van der Waals surface area contributed by atoms with Crippen molar-refractivity contribution in [2.24, 2.45) is 0 Å². The van der Waals surface area contributed by atoms with Gasteiger partial charge in [-0.1, -0.05) is 29.8 Å². The lowest BCUT2D eigenvalue weighted by Gasteiger charge is -2.39. The number of carbonyl (C=O) groups excluding carboxylic acids is 2. The summed E-state index contributed by atoms with van der Waals surface area (Å²) in [7, 11) is 0. The molecule has 1 saturated heterocycles. The van der Waals surface area contributed by atoms with Gasteiger partial charge in [-0.05, 0) is 53.4 Å². The molecule has 1 aliphatic heterocycles. The Morgan fingerprint density at radius 3 is 2.56 bits per heavy atom. The second-order valence-electron chi connectivity index (χ2n) is 9.01. The molecule has 0 bridgehead atoms. The number of hydrogen-bond acceptors (Lipinski definition) is 6. The van der Waals surface area contributed by atoms with E-state index < -0.39 is 22.6 Å². The van der Waals surface area contributed by atoms with E-state index in [0.717, 1.165) is 17.3 Å². The number of ether oxygens (including phenoxy) is 1. The number of thioether (sulfide) groups is 1. The molecule has 1 aliphatic carbocycles. The van der Waals surface area contributed by atoms with Gasteiger partial charge in [0.05, 0.1) is 10.7 Å². The smallest absolute Gasteiger partial charge is 0.248 e. The maximum absolute atomic E-state index is 13.5. The Kier molecular flexibility index (Phi) is 7.07. The minimum absolute atomic E-state index is 0.00367. The Hall–Kier alpha value is -2.49. The van der Waals surface area contributed by atoms with Crippen LogP contribution in [0.15, 0.2) is 64.2 Å². The highest BCUT2D eigenvalue weighted by Gasteiger charge is 2.48. The number of Topliss-reactive ketones (excluding diaryl/α,β-unsaturated/α-hetero) is 1. The number of halogens is 3. The van der Waals surface area contributed by atoms with Gasteiger partial charge >= 0.3 is 0 Å². The zero-order valence-electron chi connectivity index (χ0n) is 19.1. The van der Waals surface area contributed by atoms with E-state index in [2.05, 4.69) is 10.3 Å². The van der Waals surface area contributed by atoms with Crippen LogP contribution >= 0.6 is 34.7 Å². The third-order valence-corrected chi connectivity index (χ3v) is 8.96. The zero-order valence-corrected chi connectivity index (χ0v) is 21.5. The molecule has 3 aromatic rings. The average Bonchev–Trinajstić information content (AvgIpc) is 3.40. The molecule has 1 N–H and O–H groups in total. The number of nitrogens with zero attached hydrogens (tertiary/aromatic N) is 1. The minimum atomic E-state index is -2.65. The van der Waals surface area contributed by atoms with Gasteiger partial charge in [-0.25, -0.2) is 13.8 Å². The van der Waals surface area contributed by atoms with Crippen molar-refractivity contribution >= 4 is 46.4 Å². The van der Waals surface area contributed by atoms with Crippen molar-refractivity contribution in [3.05, 3.63) is 75.6 Å². The maximum atomic E-state index is 13.5. The van der Waals surface area contributed by atoms with E-state index in [1.165, 1.54) is 11.3 Å². The number of piperidine rings is 1. The fraction of sp³-hybridized carbons (Fsp3) is 0.346. The van der Waals surface area contributed by atoms with Gasteiger partial charge in [-0.2, -0.15) is 11.3 Å². The molecule has 36 heavy (non-hydrogen) atoms. The Morgan fingerprint density at radius 2 is 1.86 bits per heavy atom. The van der Waals surface area contributed by atoms with Gasteiger partial charge in [0.1, 0.15) is 16.9 Å². The predicted molar refractivity (Wildman–Crippen MR) is 136 cm³/mol. The molecule has 3 heterocycles. The molecule has 2 unspecified atom stereocenters. The first kappa shape index (κ1) is 25.2. The van der Waals surface area contributed by atoms with E-state index in [9.17, 15) is 18.4 Å². The topological polar surface area (TPSA) is 68.3 Å². The standard InChI is InChI=1S/C26H23ClF2N2O3S2/c27-18-4-1-2-5-20(18)36-23-19(32)14-26(31-24(23)33,16-10-13-35-15-16)21-6-3-7-22(30-21)34-17-8-11-25(28,29)12-9-17/h1-7,10,13,15,17,23H,8-9,11-12,14H2,(H,31,33). The number of ketones is 1. The van der Waals surface area contributed by atoms with Crippen LogP contribution < -0.4 is 10.1 Å². The van der Waals surface area contributed by atoms with E-state index in [-0.39, 0.29) is 49.9 Å². The molecule has 2 fully saturated rings. The number of thiophene rings is 1. The fourth-order valence-electron chi connectivity index (χ4n) is 4.61. The molecule has 188 valence electrons. The summed E-state index contributed by atoms with van der Waals surface area (Å²) in [5.74, 6) is -3.03. The van der Waals surface area contributed by atoms with Crippen LogP contribution in [-0.4, -0.2) is 34.0 Å². The van der Waals surface area contributed by atoms with Crippen LogP contribution in [0.1, 0.15) is 43.4 Å². The summed E-state index contributed by atoms with van der Waals surface area (Å²) >= 11 is 8.84. The third kappa shape index (κ3) is 5.14. The first-order valence-corrected chi connectivity index (χ1v) is 13.8. The summed E-state index contributed by atoms with van der Waals surface area (Å²) in [5.41, 5.74) is 0.0461. The van der Waals surface area contributed by atoms with Gasteiger partial charge in [0.2, 0.25) is 17.7 Å². The summed E-state index contributed by atoms with van der Waals surface area (Å²) in [6.07, 6.45) is -0.307. The van der Waals surface area contributed by atoms with Crippen molar-refractivity contribution < 1.29 is 23.1 Å². The first-order chi connectivity index (χ1) is 17.3. The van der Waals surface area contributed by atoms with E-state index in [4.69, 9.17) is 16.3 Å². The highest BCUT2D eigenvalue weighted by molar-refractivity contribution is 8.01. The second-order valence-corrected chi connectivity index (χ2v) is 11.3. The maximum Gasteiger partial charge on any atom is 0.248 e. The predicted octanol–water partition coefficient (Wildman–Crippen LogP) is 6.25. The lowest BCUT2D eigenvalue weighted by atomic mass is 9.79. The van der Waals surface area contributed by atoms with Crippen molar-refractivity contribution in [1.29, 1.82) is 0 Å². The van der Waals surface area contributed by atoms with Crippen LogP contribution in [0.5, 0.6) is 5.88 Å². The zero-order chi connectivity index (χ0) is 25.3. The summed E-state index contributed by atoms with van der Waals surface area (Å²) in [6, 6.07) is 14.1. The Balaban J connectivity index is 1.42. The fourth-order valence-corrected chi connectivity index (χ4v) is 6.58. The second kappa shape index (κ2) is 10.1. The molecule has 0 radical (unpaired) electrons. The largest absolute Gasteiger partial charge is 0.474 e. The molecule has 2 atom stereocenters. The Labute approximate surface area is 220 Å². The molecule has 1 amide bonds. The number of benzene rings is 1. The SMILES string of the molecule is O=C1CC(c2ccsc2)(c2cccc(OC3CCC(F)(F)CC3)n2)NC(=O)C1Sc1ccccc1Cl. The number of alkyl halides is 2. The summed E-state index contributed by atoms with van der Waals surface area (Å²) in [6.45, 7) is 0. The van der Waals surface area contributed by atoms with Crippen LogP contribution in [0.25, 0.3) is 0 Å². The van der Waals surface area contributed by atoms with Crippen LogP contribution in [-0.2, 0) is 15.1 Å². The first-order valence-electron chi connectivity index (χ1n) is 11.6. The molecule has 0 spiro atoms. The molecule has 5 rings (SSSR count). The number of amides is 1. The molecule has 5 nitrogen and oxygen atoms in total. The van der Waals surface area contributed by atoms with Crippen LogP contribution in [0.2, 0.25) is 5.02 Å². The monoisotopic (exact) mass is 548 g/mol. The quantitative estimate of drug-likeness (QED) is 0.369. The molecule has 2 aliphatic rings. The Morgan fingerprint density at radius 1 is 1.08 bits per heavy atom. The van der Waals surface area contributed by atoms with Crippen molar-refractivity contribution in [3.8, 4) is 5.88 Å². The number of nitrogens with one attached hydrogen (secondary N) is 1. The Bertz CT molecular complexity index is 1240. The molecule has 10 heteroatoms. The van der Waals surface area contributed by atoms with Gasteiger partial charge in [-0.3, -0.25) is 9.59 Å². The number of pyridine rings is 1. The molecule has 1 aromatic carbocycles. The normalized spacial score (nSPS) is 24.4. The summed E-state index contributed by atoms with van der Waals surface area (Å²) < 4.78 is 33.0. The van der Waals surface area contributed by atoms with Crippen LogP contribution in [0.3, 0.4) is 0 Å². The molecular weight excluding hydrogens is 526 g/mol. The lowest BCUT2D eigenvalue weighted by molar-refractivity contribution is -0.133. The van der Waals surface area contributed by atoms with Crippen molar-refractivity contribution in [2.75, 3.05) is 0 Å². The van der Waals surface area contributed by atoms with Crippen molar-refractivity contribution in [2.45, 2.75) is 59.8 Å². The van der Waals surface area contributed by atoms with Gasteiger partial charge in [0, 0.05) is 30.2 Å². The highest BCUT2D eigenvalue weighted by Crippen LogP contribution is 2.41. The number of hydrogen-bond donors (Lipinski definition) is 1.